The molecule has 0 atom stereocenters. The van der Waals surface area contributed by atoms with E-state index in [1.807, 2.05) is 0 Å². The third kappa shape index (κ3) is 5.99. The summed E-state index contributed by atoms with van der Waals surface area (Å²) in [5.74, 6) is 0. The molecule has 2 heteroatoms. The summed E-state index contributed by atoms with van der Waals surface area (Å²) >= 11 is 0. The SMILES string of the molecule is C(=C\c1ccc(N2CCCCC2)cc1)/c1ccc(/C=C/c2ccc(N3CCCCC3)cc2)cc1. The fourth-order valence-corrected chi connectivity index (χ4v) is 5.00. The maximum absolute atomic E-state index is 2.51. The highest BCUT2D eigenvalue weighted by molar-refractivity contribution is 5.74. The second-order valence-electron chi connectivity index (χ2n) is 9.61. The summed E-state index contributed by atoms with van der Waals surface area (Å²) in [6, 6.07) is 26.7. The molecule has 34 heavy (non-hydrogen) atoms. The molecule has 2 aliphatic heterocycles. The highest BCUT2D eigenvalue weighted by Gasteiger charge is 2.11. The van der Waals surface area contributed by atoms with E-state index in [-0.39, 0.29) is 0 Å². The molecule has 2 heterocycles. The molecule has 5 rings (SSSR count). The lowest BCUT2D eigenvalue weighted by Gasteiger charge is -2.28. The van der Waals surface area contributed by atoms with Crippen molar-refractivity contribution in [2.24, 2.45) is 0 Å². The van der Waals surface area contributed by atoms with E-state index in [2.05, 4.69) is 107 Å². The second kappa shape index (κ2) is 11.2. The first kappa shape index (κ1) is 22.5. The van der Waals surface area contributed by atoms with Crippen LogP contribution in [0.15, 0.2) is 72.8 Å². The highest BCUT2D eigenvalue weighted by atomic mass is 15.1. The van der Waals surface area contributed by atoms with E-state index in [1.165, 1.54) is 98.3 Å². The minimum Gasteiger partial charge on any atom is -0.372 e. The van der Waals surface area contributed by atoms with Gasteiger partial charge in [-0.1, -0.05) is 72.8 Å². The van der Waals surface area contributed by atoms with Crippen LogP contribution in [-0.4, -0.2) is 26.2 Å². The summed E-state index contributed by atoms with van der Waals surface area (Å²) in [5, 5.41) is 0. The van der Waals surface area contributed by atoms with Gasteiger partial charge in [0.2, 0.25) is 0 Å². The van der Waals surface area contributed by atoms with Crippen LogP contribution >= 0.6 is 0 Å². The van der Waals surface area contributed by atoms with Crippen LogP contribution in [0.1, 0.15) is 60.8 Å². The molecule has 0 bridgehead atoms. The Hall–Kier alpha value is -3.26. The first-order valence-corrected chi connectivity index (χ1v) is 13.0. The van der Waals surface area contributed by atoms with E-state index in [0.29, 0.717) is 0 Å². The van der Waals surface area contributed by atoms with Crippen LogP contribution in [0.3, 0.4) is 0 Å². The van der Waals surface area contributed by atoms with Gasteiger partial charge in [0.15, 0.2) is 0 Å². The van der Waals surface area contributed by atoms with E-state index in [9.17, 15) is 0 Å². The Kier molecular flexibility index (Phi) is 7.45. The zero-order valence-electron chi connectivity index (χ0n) is 20.2. The van der Waals surface area contributed by atoms with Crippen LogP contribution in [0.2, 0.25) is 0 Å². The minimum absolute atomic E-state index is 1.19. The van der Waals surface area contributed by atoms with Gasteiger partial charge in [-0.25, -0.2) is 0 Å². The zero-order valence-corrected chi connectivity index (χ0v) is 20.2. The predicted octanol–water partition coefficient (Wildman–Crippen LogP) is 8.01. The number of hydrogen-bond donors (Lipinski definition) is 0. The normalized spacial score (nSPS) is 17.1. The third-order valence-electron chi connectivity index (χ3n) is 7.10. The summed E-state index contributed by atoms with van der Waals surface area (Å²) in [6.07, 6.45) is 16.8. The molecule has 0 spiro atoms. The van der Waals surface area contributed by atoms with Gasteiger partial charge in [0, 0.05) is 37.6 Å². The molecule has 0 saturated carbocycles. The smallest absolute Gasteiger partial charge is 0.0366 e. The lowest BCUT2D eigenvalue weighted by molar-refractivity contribution is 0.578. The van der Waals surface area contributed by atoms with Crippen molar-refractivity contribution in [3.63, 3.8) is 0 Å². The molecule has 3 aromatic carbocycles. The molecule has 0 unspecified atom stereocenters. The molecular formula is C32H36N2. The van der Waals surface area contributed by atoms with E-state index in [0.717, 1.165) is 0 Å². The summed E-state index contributed by atoms with van der Waals surface area (Å²) < 4.78 is 0. The number of benzene rings is 3. The van der Waals surface area contributed by atoms with Crippen LogP contribution < -0.4 is 9.80 Å². The Bertz CT molecular complexity index is 989. The molecule has 174 valence electrons. The molecule has 2 fully saturated rings. The van der Waals surface area contributed by atoms with Crippen molar-refractivity contribution in [1.82, 2.24) is 0 Å². The average molecular weight is 449 g/mol. The number of piperidine rings is 2. The van der Waals surface area contributed by atoms with Crippen molar-refractivity contribution < 1.29 is 0 Å². The quantitative estimate of drug-likeness (QED) is 0.352. The van der Waals surface area contributed by atoms with E-state index >= 15 is 0 Å². The molecule has 2 saturated heterocycles. The van der Waals surface area contributed by atoms with Crippen molar-refractivity contribution in [1.29, 1.82) is 0 Å². The van der Waals surface area contributed by atoms with Gasteiger partial charge in [-0.3, -0.25) is 0 Å². The highest BCUT2D eigenvalue weighted by Crippen LogP contribution is 2.22. The fraction of sp³-hybridized carbons (Fsp3) is 0.312. The molecule has 2 aliphatic rings. The molecule has 0 aromatic heterocycles. The zero-order chi connectivity index (χ0) is 23.0. The Labute approximate surface area is 205 Å². The lowest BCUT2D eigenvalue weighted by Crippen LogP contribution is -2.29. The number of anilines is 2. The van der Waals surface area contributed by atoms with Gasteiger partial charge < -0.3 is 9.80 Å². The minimum atomic E-state index is 1.19. The van der Waals surface area contributed by atoms with E-state index < -0.39 is 0 Å². The number of rotatable bonds is 6. The topological polar surface area (TPSA) is 6.48 Å². The third-order valence-corrected chi connectivity index (χ3v) is 7.10. The Morgan fingerprint density at radius 1 is 0.353 bits per heavy atom. The molecule has 0 N–H and O–H groups in total. The standard InChI is InChI=1S/C32H36N2/c1-3-23-33(24-4-1)31-19-15-29(16-20-31)13-11-27-7-9-28(10-8-27)12-14-30-17-21-32(22-18-30)34-25-5-2-6-26-34/h7-22H,1-6,23-26H2/b13-11+,14-12+. The Morgan fingerprint density at radius 2 is 0.618 bits per heavy atom. The Balaban J connectivity index is 1.16. The summed E-state index contributed by atoms with van der Waals surface area (Å²) in [7, 11) is 0. The van der Waals surface area contributed by atoms with Gasteiger partial charge in [-0.15, -0.1) is 0 Å². The van der Waals surface area contributed by atoms with Crippen molar-refractivity contribution in [2.75, 3.05) is 36.0 Å². The average Bonchev–Trinajstić information content (AvgIpc) is 2.93. The first-order valence-electron chi connectivity index (χ1n) is 13.0. The maximum Gasteiger partial charge on any atom is 0.0366 e. The molecule has 3 aromatic rings. The van der Waals surface area contributed by atoms with Crippen molar-refractivity contribution in [2.45, 2.75) is 38.5 Å². The molecule has 0 radical (unpaired) electrons. The first-order chi connectivity index (χ1) is 16.8. The summed E-state index contributed by atoms with van der Waals surface area (Å²) in [4.78, 5) is 5.01. The maximum atomic E-state index is 2.51. The van der Waals surface area contributed by atoms with Gasteiger partial charge in [-0.05, 0) is 85.0 Å². The van der Waals surface area contributed by atoms with Crippen molar-refractivity contribution in [3.05, 3.63) is 95.1 Å². The van der Waals surface area contributed by atoms with Crippen LogP contribution in [0.25, 0.3) is 24.3 Å². The van der Waals surface area contributed by atoms with E-state index in [1.54, 1.807) is 0 Å². The second-order valence-corrected chi connectivity index (χ2v) is 9.61. The van der Waals surface area contributed by atoms with Crippen LogP contribution in [0.4, 0.5) is 11.4 Å². The number of nitrogens with zero attached hydrogens (tertiary/aromatic N) is 2. The number of hydrogen-bond acceptors (Lipinski definition) is 2. The van der Waals surface area contributed by atoms with Crippen molar-refractivity contribution in [3.8, 4) is 0 Å². The molecule has 0 aliphatic carbocycles. The van der Waals surface area contributed by atoms with Gasteiger partial charge >= 0.3 is 0 Å². The lowest BCUT2D eigenvalue weighted by atomic mass is 10.1. The molecule has 0 amide bonds. The Morgan fingerprint density at radius 3 is 0.912 bits per heavy atom. The van der Waals surface area contributed by atoms with Crippen molar-refractivity contribution >= 4 is 35.7 Å². The predicted molar refractivity (Wildman–Crippen MR) is 149 cm³/mol. The van der Waals surface area contributed by atoms with Crippen LogP contribution in [-0.2, 0) is 0 Å². The fourth-order valence-electron chi connectivity index (χ4n) is 5.00. The molecular weight excluding hydrogens is 412 g/mol. The van der Waals surface area contributed by atoms with Crippen LogP contribution in [0, 0.1) is 0 Å². The van der Waals surface area contributed by atoms with Gasteiger partial charge in [0.1, 0.15) is 0 Å². The van der Waals surface area contributed by atoms with Gasteiger partial charge in [-0.2, -0.15) is 0 Å². The van der Waals surface area contributed by atoms with Gasteiger partial charge in [0.25, 0.3) is 0 Å². The monoisotopic (exact) mass is 448 g/mol. The van der Waals surface area contributed by atoms with E-state index in [4.69, 9.17) is 0 Å². The van der Waals surface area contributed by atoms with Crippen LogP contribution in [0.5, 0.6) is 0 Å². The summed E-state index contributed by atoms with van der Waals surface area (Å²) in [5.41, 5.74) is 7.66. The molecule has 2 nitrogen and oxygen atoms in total. The summed E-state index contributed by atoms with van der Waals surface area (Å²) in [6.45, 7) is 4.78. The largest absolute Gasteiger partial charge is 0.372 e. The van der Waals surface area contributed by atoms with Gasteiger partial charge in [0.05, 0.1) is 0 Å².